The summed E-state index contributed by atoms with van der Waals surface area (Å²) < 4.78 is 0. The molecule has 0 aromatic heterocycles. The molecule has 0 heterocycles. The quantitative estimate of drug-likeness (QED) is 0.675. The minimum Gasteiger partial charge on any atom is -0.392 e. The summed E-state index contributed by atoms with van der Waals surface area (Å²) in [6.45, 7) is 7.21. The average molecular weight is 298 g/mol. The number of nitrogens with two attached hydrogens (primary N) is 1. The number of hydrogen-bond donors (Lipinski definition) is 2. The number of amides is 1. The Morgan fingerprint density at radius 3 is 2.30 bits per heavy atom. The van der Waals surface area contributed by atoms with Crippen LogP contribution in [0.5, 0.6) is 0 Å². The molecule has 1 amide bonds. The predicted molar refractivity (Wildman–Crippen MR) is 88.5 cm³/mol. The second-order valence-corrected chi connectivity index (χ2v) is 6.76. The van der Waals surface area contributed by atoms with Gasteiger partial charge in [-0.3, -0.25) is 4.79 Å². The fourth-order valence-electron chi connectivity index (χ4n) is 3.48. The van der Waals surface area contributed by atoms with Crippen LogP contribution in [-0.4, -0.2) is 17.4 Å². The second kappa shape index (κ2) is 7.96. The van der Waals surface area contributed by atoms with E-state index in [2.05, 4.69) is 26.1 Å². The van der Waals surface area contributed by atoms with Crippen LogP contribution in [0.1, 0.15) is 65.7 Å². The number of rotatable bonds is 8. The average Bonchev–Trinajstić information content (AvgIpc) is 2.80. The zero-order valence-corrected chi connectivity index (χ0v) is 14.0. The van der Waals surface area contributed by atoms with Crippen LogP contribution in [-0.2, 0) is 4.79 Å². The number of nitrogens with one attached hydrogen (secondary N) is 1. The SMILES string of the molecule is CCCC(CCC)(C(=O)NCC1CCCC1C)C(N)=S. The molecule has 0 saturated heterocycles. The summed E-state index contributed by atoms with van der Waals surface area (Å²) >= 11 is 5.23. The molecule has 1 aliphatic rings. The first-order valence-corrected chi connectivity index (χ1v) is 8.47. The smallest absolute Gasteiger partial charge is 0.233 e. The molecule has 0 radical (unpaired) electrons. The minimum absolute atomic E-state index is 0.0489. The van der Waals surface area contributed by atoms with Gasteiger partial charge < -0.3 is 11.1 Å². The highest BCUT2D eigenvalue weighted by Gasteiger charge is 2.40. The third-order valence-electron chi connectivity index (χ3n) is 4.82. The summed E-state index contributed by atoms with van der Waals surface area (Å²) in [5.41, 5.74) is 5.29. The number of carbonyl (C=O) groups is 1. The summed E-state index contributed by atoms with van der Waals surface area (Å²) in [4.78, 5) is 13.0. The van der Waals surface area contributed by atoms with E-state index in [1.54, 1.807) is 0 Å². The molecule has 0 aromatic rings. The van der Waals surface area contributed by atoms with E-state index in [4.69, 9.17) is 18.0 Å². The molecular formula is C16H30N2OS. The Kier molecular flexibility index (Phi) is 6.93. The number of carbonyl (C=O) groups excluding carboxylic acids is 1. The van der Waals surface area contributed by atoms with E-state index < -0.39 is 5.41 Å². The molecule has 20 heavy (non-hydrogen) atoms. The van der Waals surface area contributed by atoms with Gasteiger partial charge in [-0.2, -0.15) is 0 Å². The molecular weight excluding hydrogens is 268 g/mol. The van der Waals surface area contributed by atoms with Crippen molar-refractivity contribution in [1.82, 2.24) is 5.32 Å². The molecule has 1 saturated carbocycles. The molecule has 2 atom stereocenters. The number of hydrogen-bond acceptors (Lipinski definition) is 2. The Balaban J connectivity index is 2.69. The Bertz CT molecular complexity index is 337. The molecule has 3 N–H and O–H groups in total. The van der Waals surface area contributed by atoms with Gasteiger partial charge in [0.05, 0.1) is 10.4 Å². The zero-order chi connectivity index (χ0) is 15.2. The zero-order valence-electron chi connectivity index (χ0n) is 13.2. The summed E-state index contributed by atoms with van der Waals surface area (Å²) in [5.74, 6) is 1.38. The van der Waals surface area contributed by atoms with Crippen LogP contribution in [0.15, 0.2) is 0 Å². The van der Waals surface area contributed by atoms with Gasteiger partial charge in [0.25, 0.3) is 0 Å². The van der Waals surface area contributed by atoms with E-state index in [9.17, 15) is 4.79 Å². The van der Waals surface area contributed by atoms with Crippen LogP contribution >= 0.6 is 12.2 Å². The van der Waals surface area contributed by atoms with Crippen molar-refractivity contribution >= 4 is 23.1 Å². The van der Waals surface area contributed by atoms with E-state index in [1.165, 1.54) is 19.3 Å². The Morgan fingerprint density at radius 1 is 1.30 bits per heavy atom. The van der Waals surface area contributed by atoms with Crippen molar-refractivity contribution in [3.8, 4) is 0 Å². The van der Waals surface area contributed by atoms with Crippen molar-refractivity contribution < 1.29 is 4.79 Å². The number of thiocarbonyl (C=S) groups is 1. The topological polar surface area (TPSA) is 55.1 Å². The van der Waals surface area contributed by atoms with Crippen LogP contribution in [0.2, 0.25) is 0 Å². The first kappa shape index (κ1) is 17.4. The van der Waals surface area contributed by atoms with Gasteiger partial charge in [0.15, 0.2) is 0 Å². The van der Waals surface area contributed by atoms with Crippen molar-refractivity contribution in [3.05, 3.63) is 0 Å². The minimum atomic E-state index is -0.638. The molecule has 1 rings (SSSR count). The normalized spacial score (nSPS) is 22.8. The van der Waals surface area contributed by atoms with E-state index in [0.29, 0.717) is 16.8 Å². The van der Waals surface area contributed by atoms with E-state index >= 15 is 0 Å². The Hall–Kier alpha value is -0.640. The van der Waals surface area contributed by atoms with Gasteiger partial charge in [-0.05, 0) is 31.1 Å². The monoisotopic (exact) mass is 298 g/mol. The highest BCUT2D eigenvalue weighted by atomic mass is 32.1. The maximum Gasteiger partial charge on any atom is 0.233 e. The van der Waals surface area contributed by atoms with Gasteiger partial charge in [0.1, 0.15) is 0 Å². The first-order valence-electron chi connectivity index (χ1n) is 8.06. The molecule has 0 aliphatic heterocycles. The van der Waals surface area contributed by atoms with Crippen molar-refractivity contribution in [2.75, 3.05) is 6.54 Å². The summed E-state index contributed by atoms with van der Waals surface area (Å²) in [7, 11) is 0. The van der Waals surface area contributed by atoms with Gasteiger partial charge >= 0.3 is 0 Å². The lowest BCUT2D eigenvalue weighted by molar-refractivity contribution is -0.128. The van der Waals surface area contributed by atoms with Crippen LogP contribution in [0.25, 0.3) is 0 Å². The van der Waals surface area contributed by atoms with Crippen LogP contribution in [0, 0.1) is 17.3 Å². The first-order chi connectivity index (χ1) is 9.47. The van der Waals surface area contributed by atoms with Gasteiger partial charge in [0, 0.05) is 6.54 Å². The highest BCUT2D eigenvalue weighted by molar-refractivity contribution is 7.80. The highest BCUT2D eigenvalue weighted by Crippen LogP contribution is 2.33. The molecule has 0 spiro atoms. The summed E-state index contributed by atoms with van der Waals surface area (Å²) in [5, 5.41) is 3.14. The summed E-state index contributed by atoms with van der Waals surface area (Å²) in [6, 6.07) is 0. The third-order valence-corrected chi connectivity index (χ3v) is 5.21. The molecule has 1 aliphatic carbocycles. The van der Waals surface area contributed by atoms with Crippen LogP contribution in [0.4, 0.5) is 0 Å². The van der Waals surface area contributed by atoms with Gasteiger partial charge in [-0.1, -0.05) is 58.7 Å². The fourth-order valence-corrected chi connectivity index (χ4v) is 3.78. The second-order valence-electron chi connectivity index (χ2n) is 6.32. The molecule has 2 unspecified atom stereocenters. The standard InChI is InChI=1S/C16H30N2OS/c1-4-9-16(10-5-2,14(17)20)15(19)18-11-13-8-6-7-12(13)3/h12-13H,4-11H2,1-3H3,(H2,17,20)(H,18,19). The van der Waals surface area contributed by atoms with Crippen molar-refractivity contribution in [3.63, 3.8) is 0 Å². The lowest BCUT2D eigenvalue weighted by Crippen LogP contribution is -2.50. The molecule has 1 fully saturated rings. The largest absolute Gasteiger partial charge is 0.392 e. The van der Waals surface area contributed by atoms with Crippen molar-refractivity contribution in [1.29, 1.82) is 0 Å². The predicted octanol–water partition coefficient (Wildman–Crippen LogP) is 3.41. The maximum absolute atomic E-state index is 12.7. The molecule has 116 valence electrons. The van der Waals surface area contributed by atoms with Crippen molar-refractivity contribution in [2.24, 2.45) is 23.0 Å². The lowest BCUT2D eigenvalue weighted by atomic mass is 9.78. The lowest BCUT2D eigenvalue weighted by Gasteiger charge is -2.31. The molecule has 0 aromatic carbocycles. The fraction of sp³-hybridized carbons (Fsp3) is 0.875. The van der Waals surface area contributed by atoms with E-state index in [1.807, 2.05) is 0 Å². The van der Waals surface area contributed by atoms with Crippen molar-refractivity contribution in [2.45, 2.75) is 65.7 Å². The van der Waals surface area contributed by atoms with Crippen LogP contribution < -0.4 is 11.1 Å². The molecule has 3 nitrogen and oxygen atoms in total. The summed E-state index contributed by atoms with van der Waals surface area (Å²) in [6.07, 6.45) is 7.14. The van der Waals surface area contributed by atoms with Gasteiger partial charge in [0.2, 0.25) is 5.91 Å². The third kappa shape index (κ3) is 3.94. The molecule has 4 heteroatoms. The molecule has 0 bridgehead atoms. The van der Waals surface area contributed by atoms with Gasteiger partial charge in [-0.25, -0.2) is 0 Å². The Morgan fingerprint density at radius 2 is 1.90 bits per heavy atom. The van der Waals surface area contributed by atoms with E-state index in [-0.39, 0.29) is 5.91 Å². The maximum atomic E-state index is 12.7. The van der Waals surface area contributed by atoms with Crippen LogP contribution in [0.3, 0.4) is 0 Å². The van der Waals surface area contributed by atoms with Gasteiger partial charge in [-0.15, -0.1) is 0 Å². The Labute approximate surface area is 129 Å². The van der Waals surface area contributed by atoms with E-state index in [0.717, 1.165) is 32.2 Å².